The topological polar surface area (TPSA) is 199 Å². The van der Waals surface area contributed by atoms with Gasteiger partial charge >= 0.3 is 6.18 Å². The lowest BCUT2D eigenvalue weighted by Crippen LogP contribution is -2.54. The number of piperidine rings is 1. The number of aromatic amines is 1. The number of alkyl halides is 3. The maximum absolute atomic E-state index is 14.4. The Bertz CT molecular complexity index is 2790. The fraction of sp³-hybridized carbons (Fsp3) is 0.304. The van der Waals surface area contributed by atoms with Crippen molar-refractivity contribution in [3.63, 3.8) is 0 Å². The second kappa shape index (κ2) is 18.8. The lowest BCUT2D eigenvalue weighted by molar-refractivity contribution is -0.138. The van der Waals surface area contributed by atoms with Gasteiger partial charge in [-0.05, 0) is 66.9 Å². The Morgan fingerprint density at radius 1 is 0.908 bits per heavy atom. The first-order valence-electron chi connectivity index (χ1n) is 20.8. The highest BCUT2D eigenvalue weighted by molar-refractivity contribution is 6.26. The first-order chi connectivity index (χ1) is 31.2. The Hall–Kier alpha value is -7.27. The predicted octanol–water partition coefficient (Wildman–Crippen LogP) is 4.50. The van der Waals surface area contributed by atoms with Gasteiger partial charge in [0.2, 0.25) is 17.7 Å². The van der Waals surface area contributed by atoms with Gasteiger partial charge in [0, 0.05) is 79.7 Å². The fourth-order valence-electron chi connectivity index (χ4n) is 7.91. The Balaban J connectivity index is 0.784. The number of hydrogen-bond acceptors (Lipinski definition) is 11. The van der Waals surface area contributed by atoms with Crippen LogP contribution in [0.1, 0.15) is 78.2 Å². The van der Waals surface area contributed by atoms with Crippen molar-refractivity contribution in [3.05, 3.63) is 118 Å². The third-order valence-corrected chi connectivity index (χ3v) is 11.4. The number of nitrogens with one attached hydrogen (secondary N) is 4. The number of rotatable bonds is 12. The van der Waals surface area contributed by atoms with Gasteiger partial charge in [0.05, 0.1) is 48.2 Å². The van der Waals surface area contributed by atoms with E-state index in [9.17, 15) is 41.9 Å². The van der Waals surface area contributed by atoms with Crippen LogP contribution in [0.15, 0.2) is 73.1 Å². The normalized spacial score (nSPS) is 16.9. The number of carbonyl (C=O) groups is 6. The van der Waals surface area contributed by atoms with Gasteiger partial charge in [-0.2, -0.15) is 18.3 Å². The molecule has 4 N–H and O–H groups in total. The third kappa shape index (κ3) is 10.1. The van der Waals surface area contributed by atoms with Gasteiger partial charge in [0.1, 0.15) is 6.04 Å². The second-order valence-electron chi connectivity index (χ2n) is 15.8. The molecule has 8 rings (SSSR count). The Labute approximate surface area is 369 Å². The zero-order valence-electron chi connectivity index (χ0n) is 35.0. The molecule has 16 nitrogen and oxygen atoms in total. The molecule has 0 saturated carbocycles. The predicted molar refractivity (Wildman–Crippen MR) is 229 cm³/mol. The number of benzene rings is 3. The highest BCUT2D eigenvalue weighted by Crippen LogP contribution is 2.35. The van der Waals surface area contributed by atoms with Gasteiger partial charge in [0.25, 0.3) is 17.7 Å². The molecular weight excluding hydrogens is 848 g/mol. The summed E-state index contributed by atoms with van der Waals surface area (Å²) in [5.41, 5.74) is 2.33. The van der Waals surface area contributed by atoms with E-state index in [2.05, 4.69) is 47.9 Å². The van der Waals surface area contributed by atoms with E-state index >= 15 is 0 Å². The molecule has 2 aromatic heterocycles. The number of aromatic nitrogens is 3. The summed E-state index contributed by atoms with van der Waals surface area (Å²) in [5.74, 6) is 2.44. The Kier molecular flexibility index (Phi) is 12.8. The number of hydrogen-bond donors (Lipinski definition) is 4. The van der Waals surface area contributed by atoms with Gasteiger partial charge in [-0.25, -0.2) is 4.98 Å². The van der Waals surface area contributed by atoms with Crippen molar-refractivity contribution in [2.24, 2.45) is 0 Å². The molecule has 0 bridgehead atoms. The maximum Gasteiger partial charge on any atom is 0.416 e. The van der Waals surface area contributed by atoms with Crippen LogP contribution in [0.2, 0.25) is 0 Å². The molecule has 19 heteroatoms. The van der Waals surface area contributed by atoms with Crippen LogP contribution in [-0.2, 0) is 31.8 Å². The molecular formula is C46H42F3N9O7. The van der Waals surface area contributed by atoms with Crippen molar-refractivity contribution in [1.82, 2.24) is 35.2 Å². The van der Waals surface area contributed by atoms with Crippen molar-refractivity contribution in [2.75, 3.05) is 56.6 Å². The van der Waals surface area contributed by atoms with Crippen LogP contribution in [0.25, 0.3) is 11.0 Å². The smallest absolute Gasteiger partial charge is 0.380 e. The highest BCUT2D eigenvalue weighted by atomic mass is 19.4. The molecule has 334 valence electrons. The standard InChI is InChI=1S/C46H42F3N9O7/c1-27-5-7-30(22-29(27)8-6-28-21-32-25-51-55-41(32)50-24-28)42(61)52-33-10-9-31(35(23-33)46(47,48)49)26-57-16-14-56(15-17-57)18-20-65-19-13-39(60)53-36-4-2-3-34-40(36)45(64)58(44(34)63)37-11-12-38(59)54-43(37)62/h2-5,7,9-10,21-25,37H,11-20,26H2,1H3,(H,52,61)(H,53,60)(H,50,51,55)(H,54,59,62). The van der Waals surface area contributed by atoms with Crippen LogP contribution >= 0.6 is 0 Å². The van der Waals surface area contributed by atoms with E-state index in [1.165, 1.54) is 30.3 Å². The van der Waals surface area contributed by atoms with E-state index in [0.717, 1.165) is 21.9 Å². The molecule has 1 atom stereocenters. The van der Waals surface area contributed by atoms with E-state index in [-0.39, 0.29) is 66.0 Å². The van der Waals surface area contributed by atoms with Crippen molar-refractivity contribution in [1.29, 1.82) is 0 Å². The quantitative estimate of drug-likeness (QED) is 0.0782. The number of aryl methyl sites for hydroxylation is 1. The van der Waals surface area contributed by atoms with Crippen LogP contribution in [0, 0.1) is 18.8 Å². The lowest BCUT2D eigenvalue weighted by atomic mass is 10.0. The zero-order valence-corrected chi connectivity index (χ0v) is 35.0. The lowest BCUT2D eigenvalue weighted by Gasteiger charge is -2.35. The number of fused-ring (bicyclic) bond motifs is 2. The molecule has 3 aliphatic rings. The molecule has 5 heterocycles. The summed E-state index contributed by atoms with van der Waals surface area (Å²) in [6.07, 6.45) is -1.48. The first kappa shape index (κ1) is 44.3. The number of piperazine rings is 1. The fourth-order valence-corrected chi connectivity index (χ4v) is 7.91. The highest BCUT2D eigenvalue weighted by Gasteiger charge is 2.45. The summed E-state index contributed by atoms with van der Waals surface area (Å²) < 4.78 is 48.9. The summed E-state index contributed by atoms with van der Waals surface area (Å²) >= 11 is 0. The largest absolute Gasteiger partial charge is 0.416 e. The van der Waals surface area contributed by atoms with Gasteiger partial charge in [-0.1, -0.05) is 30.0 Å². The second-order valence-corrected chi connectivity index (χ2v) is 15.8. The number of pyridine rings is 1. The minimum absolute atomic E-state index is 0.00725. The summed E-state index contributed by atoms with van der Waals surface area (Å²) in [6.45, 7) is 4.99. The average Bonchev–Trinajstić information content (AvgIpc) is 3.85. The molecule has 1 unspecified atom stereocenters. The van der Waals surface area contributed by atoms with Gasteiger partial charge in [-0.3, -0.25) is 53.9 Å². The van der Waals surface area contributed by atoms with Crippen molar-refractivity contribution in [2.45, 2.75) is 44.9 Å². The molecule has 6 amide bonds. The first-order valence-corrected chi connectivity index (χ1v) is 20.8. The Morgan fingerprint density at radius 3 is 2.49 bits per heavy atom. The zero-order chi connectivity index (χ0) is 45.8. The van der Waals surface area contributed by atoms with E-state index in [0.29, 0.717) is 56.1 Å². The minimum Gasteiger partial charge on any atom is -0.380 e. The molecule has 0 radical (unpaired) electrons. The van der Waals surface area contributed by atoms with E-state index in [1.54, 1.807) is 30.6 Å². The minimum atomic E-state index is -4.66. The Morgan fingerprint density at radius 2 is 1.71 bits per heavy atom. The molecule has 2 fully saturated rings. The molecule has 0 spiro atoms. The number of anilines is 2. The van der Waals surface area contributed by atoms with Gasteiger partial charge < -0.3 is 15.4 Å². The molecule has 3 aromatic carbocycles. The number of amides is 6. The van der Waals surface area contributed by atoms with Crippen LogP contribution in [0.4, 0.5) is 24.5 Å². The van der Waals surface area contributed by atoms with E-state index < -0.39 is 53.2 Å². The monoisotopic (exact) mass is 889 g/mol. The molecule has 65 heavy (non-hydrogen) atoms. The number of nitrogens with zero attached hydrogens (tertiary/aromatic N) is 5. The number of halogens is 3. The number of carbonyl (C=O) groups excluding carboxylic acids is 6. The maximum atomic E-state index is 14.4. The SMILES string of the molecule is Cc1ccc(C(=O)Nc2ccc(CN3CCN(CCOCCC(=O)Nc4cccc5c4C(=O)N(C4CCC(=O)NC4=O)C5=O)CC3)c(C(F)(F)F)c2)cc1C#Cc1cnc2[nH]ncc2c1. The summed E-state index contributed by atoms with van der Waals surface area (Å²) in [7, 11) is 0. The van der Waals surface area contributed by atoms with Crippen molar-refractivity contribution >= 4 is 57.9 Å². The summed E-state index contributed by atoms with van der Waals surface area (Å²) in [6, 6.07) is 13.9. The van der Waals surface area contributed by atoms with Gasteiger partial charge in [0.15, 0.2) is 5.65 Å². The van der Waals surface area contributed by atoms with Crippen LogP contribution < -0.4 is 16.0 Å². The number of imide groups is 2. The van der Waals surface area contributed by atoms with Crippen LogP contribution in [0.3, 0.4) is 0 Å². The summed E-state index contributed by atoms with van der Waals surface area (Å²) in [5, 5.41) is 15.0. The molecule has 5 aromatic rings. The number of H-pyrrole nitrogens is 1. The van der Waals surface area contributed by atoms with Crippen LogP contribution in [0.5, 0.6) is 0 Å². The molecule has 0 aliphatic carbocycles. The summed E-state index contributed by atoms with van der Waals surface area (Å²) in [4.78, 5) is 85.6. The number of ether oxygens (including phenoxy) is 1. The molecule has 2 saturated heterocycles. The van der Waals surface area contributed by atoms with Crippen molar-refractivity contribution < 1.29 is 46.7 Å². The third-order valence-electron chi connectivity index (χ3n) is 11.4. The molecule has 3 aliphatic heterocycles. The van der Waals surface area contributed by atoms with Crippen LogP contribution in [-0.4, -0.2) is 117 Å². The van der Waals surface area contributed by atoms with E-state index in [1.807, 2.05) is 17.9 Å². The van der Waals surface area contributed by atoms with E-state index in [4.69, 9.17) is 4.74 Å². The van der Waals surface area contributed by atoms with Crippen molar-refractivity contribution in [3.8, 4) is 11.8 Å². The average molecular weight is 890 g/mol. The van der Waals surface area contributed by atoms with Gasteiger partial charge in [-0.15, -0.1) is 0 Å².